The maximum absolute atomic E-state index is 13.6. The zero-order valence-electron chi connectivity index (χ0n) is 19.6. The molecule has 1 heterocycles. The summed E-state index contributed by atoms with van der Waals surface area (Å²) in [6.07, 6.45) is 0.596. The van der Waals surface area contributed by atoms with Crippen molar-refractivity contribution in [2.75, 3.05) is 53.7 Å². The van der Waals surface area contributed by atoms with Gasteiger partial charge in [-0.1, -0.05) is 42.5 Å². The first-order valence-electron chi connectivity index (χ1n) is 11.2. The minimum atomic E-state index is -0.285. The van der Waals surface area contributed by atoms with Gasteiger partial charge >= 0.3 is 0 Å². The summed E-state index contributed by atoms with van der Waals surface area (Å²) in [6.45, 7) is 4.59. The molecule has 0 atom stereocenters. The molecule has 0 fully saturated rings. The van der Waals surface area contributed by atoms with Gasteiger partial charge in [0.15, 0.2) is 0 Å². The Morgan fingerprint density at radius 1 is 0.848 bits per heavy atom. The molecule has 176 valence electrons. The van der Waals surface area contributed by atoms with Crippen molar-refractivity contribution in [1.82, 2.24) is 9.80 Å². The fraction of sp³-hybridized carbons (Fsp3) is 0.385. The second kappa shape index (κ2) is 12.2. The molecule has 0 saturated carbocycles. The van der Waals surface area contributed by atoms with Crippen LogP contribution in [0.3, 0.4) is 0 Å². The number of nitrogens with zero attached hydrogens (tertiary/aromatic N) is 2. The largest absolute Gasteiger partial charge is 0.494 e. The summed E-state index contributed by atoms with van der Waals surface area (Å²) >= 11 is 0. The van der Waals surface area contributed by atoms with Gasteiger partial charge in [0.1, 0.15) is 11.4 Å². The average Bonchev–Trinajstić information content (AvgIpc) is 3.08. The van der Waals surface area contributed by atoms with E-state index >= 15 is 0 Å². The van der Waals surface area contributed by atoms with Crippen molar-refractivity contribution in [3.05, 3.63) is 71.4 Å². The Balaban J connectivity index is 1.95. The molecule has 7 nitrogen and oxygen atoms in total. The van der Waals surface area contributed by atoms with Gasteiger partial charge < -0.3 is 19.1 Å². The maximum Gasteiger partial charge on any atom is 0.277 e. The number of hydrogen-bond acceptors (Lipinski definition) is 6. The SMILES string of the molecule is CCOc1ccc(C2=C(N(CCOC)CCOC)C(=O)N(CCc3ccccc3)C2=O)cc1. The lowest BCUT2D eigenvalue weighted by molar-refractivity contribution is -0.137. The third-order valence-electron chi connectivity index (χ3n) is 5.51. The van der Waals surface area contributed by atoms with Crippen LogP contribution < -0.4 is 4.74 Å². The molecular formula is C26H32N2O5. The van der Waals surface area contributed by atoms with Crippen molar-refractivity contribution < 1.29 is 23.8 Å². The van der Waals surface area contributed by atoms with Crippen molar-refractivity contribution in [3.63, 3.8) is 0 Å². The predicted octanol–water partition coefficient (Wildman–Crippen LogP) is 3.00. The van der Waals surface area contributed by atoms with Gasteiger partial charge in [-0.15, -0.1) is 0 Å². The van der Waals surface area contributed by atoms with Crippen LogP contribution >= 0.6 is 0 Å². The molecule has 2 aromatic carbocycles. The highest BCUT2D eigenvalue weighted by Gasteiger charge is 2.41. The predicted molar refractivity (Wildman–Crippen MR) is 127 cm³/mol. The summed E-state index contributed by atoms with van der Waals surface area (Å²) in [5, 5.41) is 0. The molecule has 0 saturated heterocycles. The number of carbonyl (C=O) groups excluding carboxylic acids is 2. The molecule has 3 rings (SSSR count). The minimum absolute atomic E-state index is 0.282. The molecule has 33 heavy (non-hydrogen) atoms. The van der Waals surface area contributed by atoms with Gasteiger partial charge in [0.2, 0.25) is 0 Å². The Morgan fingerprint density at radius 2 is 1.48 bits per heavy atom. The molecule has 0 unspecified atom stereocenters. The standard InChI is InChI=1S/C26H32N2O5/c1-4-33-22-12-10-21(11-13-22)23-24(27(16-18-31-2)17-19-32-3)26(30)28(25(23)29)15-14-20-8-6-5-7-9-20/h5-13H,4,14-19H2,1-3H3. The van der Waals surface area contributed by atoms with Crippen LogP contribution in [0.5, 0.6) is 5.75 Å². The van der Waals surface area contributed by atoms with Gasteiger partial charge in [-0.25, -0.2) is 0 Å². The van der Waals surface area contributed by atoms with Gasteiger partial charge in [0.05, 0.1) is 25.4 Å². The third kappa shape index (κ3) is 6.00. The smallest absolute Gasteiger partial charge is 0.277 e. The number of ether oxygens (including phenoxy) is 3. The Labute approximate surface area is 195 Å². The van der Waals surface area contributed by atoms with E-state index in [1.165, 1.54) is 4.90 Å². The van der Waals surface area contributed by atoms with Crippen LogP contribution in [0.1, 0.15) is 18.1 Å². The van der Waals surface area contributed by atoms with Crippen molar-refractivity contribution in [3.8, 4) is 5.75 Å². The fourth-order valence-corrected chi connectivity index (χ4v) is 3.83. The molecule has 0 aliphatic carbocycles. The summed E-state index contributed by atoms with van der Waals surface area (Å²) < 4.78 is 16.1. The molecule has 0 bridgehead atoms. The quantitative estimate of drug-likeness (QED) is 0.435. The topological polar surface area (TPSA) is 68.3 Å². The number of rotatable bonds is 13. The van der Waals surface area contributed by atoms with Gasteiger partial charge in [-0.3, -0.25) is 14.5 Å². The van der Waals surface area contributed by atoms with E-state index in [2.05, 4.69) is 0 Å². The monoisotopic (exact) mass is 452 g/mol. The number of imide groups is 1. The van der Waals surface area contributed by atoms with E-state index in [-0.39, 0.29) is 11.8 Å². The van der Waals surface area contributed by atoms with Crippen LogP contribution in [0.4, 0.5) is 0 Å². The summed E-state index contributed by atoms with van der Waals surface area (Å²) in [6, 6.07) is 17.2. The zero-order valence-corrected chi connectivity index (χ0v) is 19.6. The van der Waals surface area contributed by atoms with E-state index in [0.717, 1.165) is 11.3 Å². The maximum atomic E-state index is 13.6. The van der Waals surface area contributed by atoms with E-state index in [9.17, 15) is 9.59 Å². The lowest BCUT2D eigenvalue weighted by Crippen LogP contribution is -2.38. The lowest BCUT2D eigenvalue weighted by atomic mass is 10.0. The molecule has 0 radical (unpaired) electrons. The number of amides is 2. The summed E-state index contributed by atoms with van der Waals surface area (Å²) in [4.78, 5) is 30.3. The first kappa shape index (κ1) is 24.5. The van der Waals surface area contributed by atoms with Crippen molar-refractivity contribution in [1.29, 1.82) is 0 Å². The summed E-state index contributed by atoms with van der Waals surface area (Å²) in [7, 11) is 3.23. The highest BCUT2D eigenvalue weighted by molar-refractivity contribution is 6.35. The van der Waals surface area contributed by atoms with Gasteiger partial charge in [-0.05, 0) is 36.6 Å². The molecule has 1 aliphatic heterocycles. The summed E-state index contributed by atoms with van der Waals surface area (Å²) in [5.74, 6) is 0.152. The van der Waals surface area contributed by atoms with Crippen LogP contribution in [0.25, 0.3) is 5.57 Å². The average molecular weight is 453 g/mol. The van der Waals surface area contributed by atoms with Gasteiger partial charge in [0.25, 0.3) is 11.8 Å². The molecule has 0 N–H and O–H groups in total. The first-order chi connectivity index (χ1) is 16.1. The van der Waals surface area contributed by atoms with Gasteiger partial charge in [-0.2, -0.15) is 0 Å². The highest BCUT2D eigenvalue weighted by atomic mass is 16.5. The molecule has 2 amide bonds. The second-order valence-electron chi connectivity index (χ2n) is 7.65. The minimum Gasteiger partial charge on any atom is -0.494 e. The molecule has 7 heteroatoms. The third-order valence-corrected chi connectivity index (χ3v) is 5.51. The molecular weight excluding hydrogens is 420 g/mol. The van der Waals surface area contributed by atoms with Crippen molar-refractivity contribution >= 4 is 17.4 Å². The van der Waals surface area contributed by atoms with Crippen LogP contribution in [-0.4, -0.2) is 75.3 Å². The van der Waals surface area contributed by atoms with E-state index in [0.29, 0.717) is 62.7 Å². The highest BCUT2D eigenvalue weighted by Crippen LogP contribution is 2.32. The van der Waals surface area contributed by atoms with E-state index < -0.39 is 0 Å². The molecule has 1 aliphatic rings. The Hall–Kier alpha value is -3.16. The normalized spacial score (nSPS) is 13.7. The number of benzene rings is 2. The second-order valence-corrected chi connectivity index (χ2v) is 7.65. The first-order valence-corrected chi connectivity index (χ1v) is 11.2. The fourth-order valence-electron chi connectivity index (χ4n) is 3.83. The lowest BCUT2D eigenvalue weighted by Gasteiger charge is -2.25. The van der Waals surface area contributed by atoms with Gasteiger partial charge in [0, 0.05) is 33.9 Å². The Kier molecular flexibility index (Phi) is 9.04. The molecule has 0 aromatic heterocycles. The van der Waals surface area contributed by atoms with Crippen LogP contribution in [0.15, 0.2) is 60.3 Å². The van der Waals surface area contributed by atoms with Crippen LogP contribution in [0.2, 0.25) is 0 Å². The van der Waals surface area contributed by atoms with Crippen LogP contribution in [-0.2, 0) is 25.5 Å². The zero-order chi connectivity index (χ0) is 23.6. The number of hydrogen-bond donors (Lipinski definition) is 0. The molecule has 0 spiro atoms. The Bertz CT molecular complexity index is 948. The van der Waals surface area contributed by atoms with E-state index in [4.69, 9.17) is 14.2 Å². The van der Waals surface area contributed by atoms with Crippen LogP contribution in [0, 0.1) is 0 Å². The number of carbonyl (C=O) groups is 2. The van der Waals surface area contributed by atoms with Crippen molar-refractivity contribution in [2.45, 2.75) is 13.3 Å². The van der Waals surface area contributed by atoms with E-state index in [1.807, 2.05) is 66.4 Å². The van der Waals surface area contributed by atoms with Crippen molar-refractivity contribution in [2.24, 2.45) is 0 Å². The number of methoxy groups -OCH3 is 2. The Morgan fingerprint density at radius 3 is 2.06 bits per heavy atom. The summed E-state index contributed by atoms with van der Waals surface area (Å²) in [5.41, 5.74) is 2.56. The van der Waals surface area contributed by atoms with E-state index in [1.54, 1.807) is 14.2 Å². The molecule has 2 aromatic rings.